The van der Waals surface area contributed by atoms with Gasteiger partial charge in [0.05, 0.1) is 0 Å². The molecule has 0 aromatic rings. The minimum Gasteiger partial charge on any atom is -0.354 e. The van der Waals surface area contributed by atoms with Crippen LogP contribution in [0, 0.1) is 13.0 Å². The minimum absolute atomic E-state index is 0.0842. The van der Waals surface area contributed by atoms with E-state index in [9.17, 15) is 4.79 Å². The SMILES string of the molecule is [CH2]NC(=O)C(CC)CCCC. The first-order chi connectivity index (χ1) is 5.26. The Morgan fingerprint density at radius 3 is 2.55 bits per heavy atom. The predicted molar refractivity (Wildman–Crippen MR) is 46.8 cm³/mol. The summed E-state index contributed by atoms with van der Waals surface area (Å²) in [5.74, 6) is 0.258. The van der Waals surface area contributed by atoms with Crippen LogP contribution in [0.2, 0.25) is 0 Å². The number of carbonyl (C=O) groups excluding carboxylic acids is 1. The van der Waals surface area contributed by atoms with Crippen LogP contribution in [-0.4, -0.2) is 5.91 Å². The molecular formula is C9H18NO. The molecule has 0 aromatic heterocycles. The van der Waals surface area contributed by atoms with Crippen LogP contribution in [0.15, 0.2) is 0 Å². The van der Waals surface area contributed by atoms with Crippen LogP contribution in [0.4, 0.5) is 0 Å². The van der Waals surface area contributed by atoms with E-state index in [4.69, 9.17) is 0 Å². The molecule has 1 N–H and O–H groups in total. The van der Waals surface area contributed by atoms with Crippen molar-refractivity contribution in [3.8, 4) is 0 Å². The fourth-order valence-electron chi connectivity index (χ4n) is 1.12. The Bertz CT molecular complexity index is 112. The quantitative estimate of drug-likeness (QED) is 0.649. The summed E-state index contributed by atoms with van der Waals surface area (Å²) >= 11 is 0. The van der Waals surface area contributed by atoms with E-state index in [1.54, 1.807) is 0 Å². The Morgan fingerprint density at radius 2 is 2.18 bits per heavy atom. The molecule has 1 atom stereocenters. The van der Waals surface area contributed by atoms with Crippen LogP contribution in [0.5, 0.6) is 0 Å². The van der Waals surface area contributed by atoms with E-state index in [-0.39, 0.29) is 11.8 Å². The highest BCUT2D eigenvalue weighted by Gasteiger charge is 2.12. The molecule has 0 rings (SSSR count). The first kappa shape index (κ1) is 10.5. The standard InChI is InChI=1S/C9H18NO/c1-4-6-7-8(5-2)9(11)10-3/h8H,3-7H2,1-2H3,(H,10,11). The second kappa shape index (κ2) is 6.20. The van der Waals surface area contributed by atoms with Gasteiger partial charge in [0.2, 0.25) is 5.91 Å². The molecule has 0 spiro atoms. The Morgan fingerprint density at radius 1 is 1.55 bits per heavy atom. The molecule has 0 aliphatic heterocycles. The third-order valence-corrected chi connectivity index (χ3v) is 1.94. The Labute approximate surface area is 69.4 Å². The fourth-order valence-corrected chi connectivity index (χ4v) is 1.12. The van der Waals surface area contributed by atoms with Gasteiger partial charge in [0.25, 0.3) is 0 Å². The Balaban J connectivity index is 3.65. The molecule has 0 heterocycles. The molecule has 0 aliphatic rings. The molecule has 1 amide bonds. The van der Waals surface area contributed by atoms with Gasteiger partial charge in [-0.1, -0.05) is 26.7 Å². The van der Waals surface area contributed by atoms with Gasteiger partial charge in [0.15, 0.2) is 0 Å². The lowest BCUT2D eigenvalue weighted by Crippen LogP contribution is -2.25. The van der Waals surface area contributed by atoms with Gasteiger partial charge >= 0.3 is 0 Å². The van der Waals surface area contributed by atoms with E-state index in [1.807, 2.05) is 6.92 Å². The molecule has 0 bridgehead atoms. The van der Waals surface area contributed by atoms with Crippen molar-refractivity contribution in [2.24, 2.45) is 5.92 Å². The molecule has 0 saturated heterocycles. The summed E-state index contributed by atoms with van der Waals surface area (Å²) in [7, 11) is 3.36. The van der Waals surface area contributed by atoms with Crippen molar-refractivity contribution in [3.63, 3.8) is 0 Å². The highest BCUT2D eigenvalue weighted by molar-refractivity contribution is 5.78. The van der Waals surface area contributed by atoms with E-state index < -0.39 is 0 Å². The van der Waals surface area contributed by atoms with Crippen LogP contribution in [0.25, 0.3) is 0 Å². The van der Waals surface area contributed by atoms with Crippen LogP contribution >= 0.6 is 0 Å². The molecular weight excluding hydrogens is 138 g/mol. The molecule has 0 aromatic carbocycles. The zero-order valence-corrected chi connectivity index (χ0v) is 7.52. The summed E-state index contributed by atoms with van der Waals surface area (Å²) in [5.41, 5.74) is 0. The molecule has 65 valence electrons. The van der Waals surface area contributed by atoms with Gasteiger partial charge in [-0.2, -0.15) is 0 Å². The number of amides is 1. The molecule has 2 nitrogen and oxygen atoms in total. The van der Waals surface area contributed by atoms with Gasteiger partial charge in [-0.05, 0) is 12.8 Å². The average molecular weight is 156 g/mol. The van der Waals surface area contributed by atoms with Crippen LogP contribution in [0.1, 0.15) is 39.5 Å². The Kier molecular flexibility index (Phi) is 5.90. The number of nitrogens with one attached hydrogen (secondary N) is 1. The number of rotatable bonds is 5. The number of unbranched alkanes of at least 4 members (excludes halogenated alkanes) is 1. The van der Waals surface area contributed by atoms with Gasteiger partial charge in [-0.25, -0.2) is 0 Å². The maximum atomic E-state index is 11.1. The van der Waals surface area contributed by atoms with Crippen molar-refractivity contribution in [2.45, 2.75) is 39.5 Å². The highest BCUT2D eigenvalue weighted by Crippen LogP contribution is 2.11. The largest absolute Gasteiger partial charge is 0.354 e. The topological polar surface area (TPSA) is 29.1 Å². The first-order valence-electron chi connectivity index (χ1n) is 4.33. The predicted octanol–water partition coefficient (Wildman–Crippen LogP) is 2.11. The third-order valence-electron chi connectivity index (χ3n) is 1.94. The summed E-state index contributed by atoms with van der Waals surface area (Å²) in [6.07, 6.45) is 4.20. The maximum Gasteiger partial charge on any atom is 0.223 e. The average Bonchev–Trinajstić information content (AvgIpc) is 2.05. The van der Waals surface area contributed by atoms with Crippen molar-refractivity contribution >= 4 is 5.91 Å². The third kappa shape index (κ3) is 4.02. The van der Waals surface area contributed by atoms with E-state index in [1.165, 1.54) is 0 Å². The van der Waals surface area contributed by atoms with Gasteiger partial charge in [-0.15, -0.1) is 0 Å². The van der Waals surface area contributed by atoms with Crippen molar-refractivity contribution in [1.29, 1.82) is 0 Å². The molecule has 1 unspecified atom stereocenters. The first-order valence-corrected chi connectivity index (χ1v) is 4.33. The fraction of sp³-hybridized carbons (Fsp3) is 0.778. The molecule has 1 radical (unpaired) electrons. The van der Waals surface area contributed by atoms with E-state index in [0.717, 1.165) is 25.7 Å². The molecule has 0 aliphatic carbocycles. The van der Waals surface area contributed by atoms with Gasteiger partial charge < -0.3 is 5.32 Å². The molecule has 11 heavy (non-hydrogen) atoms. The van der Waals surface area contributed by atoms with E-state index in [0.29, 0.717) is 0 Å². The normalized spacial score (nSPS) is 12.6. The van der Waals surface area contributed by atoms with Crippen LogP contribution < -0.4 is 5.32 Å². The number of carbonyl (C=O) groups is 1. The lowest BCUT2D eigenvalue weighted by molar-refractivity contribution is -0.124. The van der Waals surface area contributed by atoms with Crippen molar-refractivity contribution in [2.75, 3.05) is 0 Å². The summed E-state index contributed by atoms with van der Waals surface area (Å²) in [6, 6.07) is 0. The zero-order valence-electron chi connectivity index (χ0n) is 7.52. The van der Waals surface area contributed by atoms with Crippen molar-refractivity contribution < 1.29 is 4.79 Å². The van der Waals surface area contributed by atoms with Crippen molar-refractivity contribution in [3.05, 3.63) is 7.05 Å². The maximum absolute atomic E-state index is 11.1. The molecule has 0 saturated carbocycles. The smallest absolute Gasteiger partial charge is 0.223 e. The van der Waals surface area contributed by atoms with Crippen molar-refractivity contribution in [1.82, 2.24) is 5.32 Å². The minimum atomic E-state index is 0.0842. The monoisotopic (exact) mass is 156 g/mol. The Hall–Kier alpha value is -0.530. The van der Waals surface area contributed by atoms with Crippen LogP contribution in [-0.2, 0) is 4.79 Å². The van der Waals surface area contributed by atoms with Gasteiger partial charge in [0, 0.05) is 13.0 Å². The number of hydrogen-bond donors (Lipinski definition) is 1. The second-order valence-electron chi connectivity index (χ2n) is 2.79. The lowest BCUT2D eigenvalue weighted by atomic mass is 9.99. The summed E-state index contributed by atoms with van der Waals surface area (Å²) in [5, 5.41) is 2.44. The summed E-state index contributed by atoms with van der Waals surface area (Å²) in [6.45, 7) is 4.17. The summed E-state index contributed by atoms with van der Waals surface area (Å²) in [4.78, 5) is 11.1. The summed E-state index contributed by atoms with van der Waals surface area (Å²) < 4.78 is 0. The molecule has 2 heteroatoms. The second-order valence-corrected chi connectivity index (χ2v) is 2.79. The highest BCUT2D eigenvalue weighted by atomic mass is 16.1. The van der Waals surface area contributed by atoms with Gasteiger partial charge in [-0.3, -0.25) is 4.79 Å². The van der Waals surface area contributed by atoms with Gasteiger partial charge in [0.1, 0.15) is 0 Å². The number of hydrogen-bond acceptors (Lipinski definition) is 1. The lowest BCUT2D eigenvalue weighted by Gasteiger charge is -2.11. The van der Waals surface area contributed by atoms with E-state index in [2.05, 4.69) is 19.3 Å². The molecule has 0 fully saturated rings. The van der Waals surface area contributed by atoms with E-state index >= 15 is 0 Å². The van der Waals surface area contributed by atoms with Crippen LogP contribution in [0.3, 0.4) is 0 Å². The zero-order chi connectivity index (χ0) is 8.69.